The number of benzene rings is 1. The molecular formula is C12H13NO6. The summed E-state index contributed by atoms with van der Waals surface area (Å²) in [5.74, 6) is -2.61. The van der Waals surface area contributed by atoms with Gasteiger partial charge in [0.15, 0.2) is 0 Å². The molecule has 7 heteroatoms. The molecule has 0 atom stereocenters. The molecule has 1 amide bonds. The van der Waals surface area contributed by atoms with Crippen molar-refractivity contribution in [3.05, 3.63) is 35.9 Å². The highest BCUT2D eigenvalue weighted by Crippen LogP contribution is 2.03. The smallest absolute Gasteiger partial charge is 0.411 e. The SMILES string of the molecule is O=C(O)CN(CC(=O)O)C(=O)OCc1ccccc1. The van der Waals surface area contributed by atoms with E-state index < -0.39 is 31.1 Å². The average molecular weight is 267 g/mol. The first-order valence-corrected chi connectivity index (χ1v) is 5.38. The van der Waals surface area contributed by atoms with Crippen molar-refractivity contribution in [2.45, 2.75) is 6.61 Å². The minimum absolute atomic E-state index is 0.0462. The Labute approximate surface area is 109 Å². The number of carboxylic acid groups (broad SMARTS) is 2. The number of hydrogen-bond acceptors (Lipinski definition) is 4. The lowest BCUT2D eigenvalue weighted by atomic mass is 10.2. The molecule has 0 aliphatic rings. The van der Waals surface area contributed by atoms with Gasteiger partial charge in [-0.05, 0) is 5.56 Å². The standard InChI is InChI=1S/C12H13NO6/c14-10(15)6-13(7-11(16)17)12(18)19-8-9-4-2-1-3-5-9/h1-5H,6-8H2,(H,14,15)(H,16,17). The van der Waals surface area contributed by atoms with E-state index in [1.165, 1.54) is 0 Å². The van der Waals surface area contributed by atoms with E-state index in [0.717, 1.165) is 5.56 Å². The molecule has 0 heterocycles. The summed E-state index contributed by atoms with van der Waals surface area (Å²) in [5, 5.41) is 17.2. The highest BCUT2D eigenvalue weighted by molar-refractivity contribution is 5.81. The molecular weight excluding hydrogens is 254 g/mol. The lowest BCUT2D eigenvalue weighted by Gasteiger charge is -2.17. The highest BCUT2D eigenvalue weighted by atomic mass is 16.6. The molecule has 19 heavy (non-hydrogen) atoms. The van der Waals surface area contributed by atoms with Crippen molar-refractivity contribution in [1.29, 1.82) is 0 Å². The molecule has 0 aromatic heterocycles. The fourth-order valence-electron chi connectivity index (χ4n) is 1.32. The molecule has 0 radical (unpaired) electrons. The molecule has 102 valence electrons. The molecule has 0 saturated carbocycles. The van der Waals surface area contributed by atoms with Gasteiger partial charge in [0.2, 0.25) is 0 Å². The highest BCUT2D eigenvalue weighted by Gasteiger charge is 2.20. The molecule has 0 spiro atoms. The lowest BCUT2D eigenvalue weighted by molar-refractivity contribution is -0.141. The lowest BCUT2D eigenvalue weighted by Crippen LogP contribution is -2.39. The van der Waals surface area contributed by atoms with Gasteiger partial charge in [-0.3, -0.25) is 14.5 Å². The van der Waals surface area contributed by atoms with Gasteiger partial charge in [0.25, 0.3) is 0 Å². The van der Waals surface area contributed by atoms with E-state index in [1.807, 2.05) is 0 Å². The first-order chi connectivity index (χ1) is 8.99. The Morgan fingerprint density at radius 1 is 1.00 bits per heavy atom. The van der Waals surface area contributed by atoms with Crippen molar-refractivity contribution in [2.75, 3.05) is 13.1 Å². The molecule has 1 rings (SSSR count). The molecule has 7 nitrogen and oxygen atoms in total. The quantitative estimate of drug-likeness (QED) is 0.789. The number of amides is 1. The first kappa shape index (κ1) is 14.5. The molecule has 0 unspecified atom stereocenters. The van der Waals surface area contributed by atoms with Gasteiger partial charge in [0.05, 0.1) is 0 Å². The van der Waals surface area contributed by atoms with Crippen LogP contribution in [0.3, 0.4) is 0 Å². The fourth-order valence-corrected chi connectivity index (χ4v) is 1.32. The van der Waals surface area contributed by atoms with Crippen LogP contribution in [-0.4, -0.2) is 46.2 Å². The van der Waals surface area contributed by atoms with Gasteiger partial charge in [-0.25, -0.2) is 4.79 Å². The number of nitrogens with zero attached hydrogens (tertiary/aromatic N) is 1. The van der Waals surface area contributed by atoms with E-state index in [4.69, 9.17) is 14.9 Å². The van der Waals surface area contributed by atoms with Crippen molar-refractivity contribution in [3.63, 3.8) is 0 Å². The summed E-state index contributed by atoms with van der Waals surface area (Å²) in [5.41, 5.74) is 0.724. The summed E-state index contributed by atoms with van der Waals surface area (Å²) in [4.78, 5) is 33.2. The van der Waals surface area contributed by atoms with Crippen LogP contribution < -0.4 is 0 Å². The van der Waals surface area contributed by atoms with Gasteiger partial charge >= 0.3 is 18.0 Å². The van der Waals surface area contributed by atoms with E-state index >= 15 is 0 Å². The monoisotopic (exact) mass is 267 g/mol. The third-order valence-electron chi connectivity index (χ3n) is 2.12. The van der Waals surface area contributed by atoms with Crippen LogP contribution in [0, 0.1) is 0 Å². The molecule has 0 saturated heterocycles. The van der Waals surface area contributed by atoms with Crippen LogP contribution in [0.15, 0.2) is 30.3 Å². The zero-order valence-corrected chi connectivity index (χ0v) is 9.98. The fraction of sp³-hybridized carbons (Fsp3) is 0.250. The second kappa shape index (κ2) is 7.00. The molecule has 0 aliphatic heterocycles. The predicted molar refractivity (Wildman–Crippen MR) is 63.5 cm³/mol. The van der Waals surface area contributed by atoms with Gasteiger partial charge in [0.1, 0.15) is 19.7 Å². The van der Waals surface area contributed by atoms with E-state index in [2.05, 4.69) is 0 Å². The zero-order valence-electron chi connectivity index (χ0n) is 9.98. The summed E-state index contributed by atoms with van der Waals surface area (Å²) in [6.45, 7) is -1.49. The van der Waals surface area contributed by atoms with Crippen molar-refractivity contribution in [3.8, 4) is 0 Å². The zero-order chi connectivity index (χ0) is 14.3. The topological polar surface area (TPSA) is 104 Å². The van der Waals surface area contributed by atoms with Gasteiger partial charge in [-0.15, -0.1) is 0 Å². The molecule has 1 aromatic carbocycles. The predicted octanol–water partition coefficient (Wildman–Crippen LogP) is 0.794. The number of aliphatic carboxylic acids is 2. The van der Waals surface area contributed by atoms with E-state index in [0.29, 0.717) is 4.90 Å². The van der Waals surface area contributed by atoms with Crippen molar-refractivity contribution >= 4 is 18.0 Å². The van der Waals surface area contributed by atoms with Crippen LogP contribution in [-0.2, 0) is 20.9 Å². The second-order valence-corrected chi connectivity index (χ2v) is 3.68. The Bertz CT molecular complexity index is 443. The maximum Gasteiger partial charge on any atom is 0.411 e. The van der Waals surface area contributed by atoms with Crippen molar-refractivity contribution in [1.82, 2.24) is 4.90 Å². The third-order valence-corrected chi connectivity index (χ3v) is 2.12. The van der Waals surface area contributed by atoms with E-state index in [-0.39, 0.29) is 6.61 Å². The summed E-state index contributed by atoms with van der Waals surface area (Å²) in [6, 6.07) is 8.77. The molecule has 0 aliphatic carbocycles. The number of carbonyl (C=O) groups excluding carboxylic acids is 1. The van der Waals surface area contributed by atoms with Crippen LogP contribution in [0.2, 0.25) is 0 Å². The Kier molecular flexibility index (Phi) is 5.34. The second-order valence-electron chi connectivity index (χ2n) is 3.68. The van der Waals surface area contributed by atoms with E-state index in [1.54, 1.807) is 30.3 Å². The number of hydrogen-bond donors (Lipinski definition) is 2. The number of carbonyl (C=O) groups is 3. The normalized spacial score (nSPS) is 9.68. The number of ether oxygens (including phenoxy) is 1. The van der Waals surface area contributed by atoms with Crippen LogP contribution >= 0.6 is 0 Å². The molecule has 0 fully saturated rings. The summed E-state index contributed by atoms with van der Waals surface area (Å²) >= 11 is 0. The maximum absolute atomic E-state index is 11.6. The molecule has 1 aromatic rings. The first-order valence-electron chi connectivity index (χ1n) is 5.38. The Hall–Kier alpha value is -2.57. The summed E-state index contributed by atoms with van der Waals surface area (Å²) in [7, 11) is 0. The van der Waals surface area contributed by atoms with Crippen molar-refractivity contribution in [2.24, 2.45) is 0 Å². The third kappa shape index (κ3) is 5.53. The van der Waals surface area contributed by atoms with Crippen LogP contribution in [0.25, 0.3) is 0 Å². The molecule has 0 bridgehead atoms. The summed E-state index contributed by atoms with van der Waals surface area (Å²) < 4.78 is 4.85. The van der Waals surface area contributed by atoms with Crippen LogP contribution in [0.4, 0.5) is 4.79 Å². The Balaban J connectivity index is 2.56. The van der Waals surface area contributed by atoms with Crippen LogP contribution in [0.1, 0.15) is 5.56 Å². The van der Waals surface area contributed by atoms with Gasteiger partial charge < -0.3 is 14.9 Å². The Morgan fingerprint density at radius 2 is 1.53 bits per heavy atom. The van der Waals surface area contributed by atoms with Gasteiger partial charge in [0, 0.05) is 0 Å². The minimum Gasteiger partial charge on any atom is -0.480 e. The number of rotatable bonds is 6. The molecule has 2 N–H and O–H groups in total. The van der Waals surface area contributed by atoms with E-state index in [9.17, 15) is 14.4 Å². The summed E-state index contributed by atoms with van der Waals surface area (Å²) in [6.07, 6.45) is -0.978. The number of carboxylic acids is 2. The van der Waals surface area contributed by atoms with Crippen molar-refractivity contribution < 1.29 is 29.3 Å². The maximum atomic E-state index is 11.6. The average Bonchev–Trinajstić information content (AvgIpc) is 2.35. The largest absolute Gasteiger partial charge is 0.480 e. The minimum atomic E-state index is -1.31. The van der Waals surface area contributed by atoms with Gasteiger partial charge in [-0.2, -0.15) is 0 Å². The van der Waals surface area contributed by atoms with Gasteiger partial charge in [-0.1, -0.05) is 30.3 Å². The Morgan fingerprint density at radius 3 is 2.00 bits per heavy atom. The van der Waals surface area contributed by atoms with Crippen LogP contribution in [0.5, 0.6) is 0 Å².